The lowest BCUT2D eigenvalue weighted by Crippen LogP contribution is -2.62. The predicted octanol–water partition coefficient (Wildman–Crippen LogP) is 1.04. The summed E-state index contributed by atoms with van der Waals surface area (Å²) < 4.78 is 37.8. The van der Waals surface area contributed by atoms with Crippen LogP contribution in [0.25, 0.3) is 0 Å². The average Bonchev–Trinajstić information content (AvgIpc) is 2.83. The highest BCUT2D eigenvalue weighted by atomic mass is 32.2. The molecule has 172 valence electrons. The maximum Gasteiger partial charge on any atom is 0.407 e. The number of ether oxygens (including phenoxy) is 2. The largest absolute Gasteiger partial charge is 0.489 e. The number of sulfonamides is 1. The van der Waals surface area contributed by atoms with Crippen LogP contribution in [-0.2, 0) is 26.2 Å². The Labute approximate surface area is 185 Å². The van der Waals surface area contributed by atoms with Crippen molar-refractivity contribution in [2.75, 3.05) is 13.7 Å². The first kappa shape index (κ1) is 23.4. The van der Waals surface area contributed by atoms with Crippen molar-refractivity contribution in [1.82, 2.24) is 20.1 Å². The van der Waals surface area contributed by atoms with Crippen molar-refractivity contribution < 1.29 is 32.7 Å². The number of aromatic nitrogens is 1. The SMILES string of the molecule is COC(=O)NC1CCCN(S(=O)(=O)c2ccc(OCc3ccncc3)cc2)C1C(=O)NO. The van der Waals surface area contributed by atoms with Gasteiger partial charge >= 0.3 is 6.09 Å². The highest BCUT2D eigenvalue weighted by Gasteiger charge is 2.44. The summed E-state index contributed by atoms with van der Waals surface area (Å²) >= 11 is 0. The first-order valence-corrected chi connectivity index (χ1v) is 11.2. The number of benzene rings is 1. The zero-order valence-corrected chi connectivity index (χ0v) is 18.1. The number of nitrogens with one attached hydrogen (secondary N) is 2. The summed E-state index contributed by atoms with van der Waals surface area (Å²) in [6, 6.07) is 7.18. The molecule has 1 aromatic carbocycles. The van der Waals surface area contributed by atoms with Crippen LogP contribution in [0.2, 0.25) is 0 Å². The second-order valence-corrected chi connectivity index (χ2v) is 8.93. The molecule has 0 aliphatic carbocycles. The van der Waals surface area contributed by atoms with Gasteiger partial charge in [0.2, 0.25) is 10.0 Å². The molecule has 1 aliphatic rings. The Bertz CT molecular complexity index is 1030. The van der Waals surface area contributed by atoms with Crippen LogP contribution in [0.15, 0.2) is 53.7 Å². The molecule has 0 radical (unpaired) electrons. The summed E-state index contributed by atoms with van der Waals surface area (Å²) in [6.07, 6.45) is 3.22. The van der Waals surface area contributed by atoms with Crippen LogP contribution < -0.4 is 15.5 Å². The second kappa shape index (κ2) is 10.4. The van der Waals surface area contributed by atoms with Crippen molar-refractivity contribution >= 4 is 22.0 Å². The lowest BCUT2D eigenvalue weighted by Gasteiger charge is -2.38. The van der Waals surface area contributed by atoms with E-state index in [9.17, 15) is 18.0 Å². The number of piperidine rings is 1. The van der Waals surface area contributed by atoms with Crippen molar-refractivity contribution in [2.24, 2.45) is 0 Å². The first-order valence-electron chi connectivity index (χ1n) is 9.79. The van der Waals surface area contributed by atoms with Gasteiger partial charge in [0.1, 0.15) is 18.4 Å². The van der Waals surface area contributed by atoms with E-state index in [2.05, 4.69) is 15.0 Å². The van der Waals surface area contributed by atoms with E-state index in [-0.39, 0.29) is 11.4 Å². The molecular weight excluding hydrogens is 440 g/mol. The number of nitrogens with zero attached hydrogens (tertiary/aromatic N) is 2. The molecule has 12 heteroatoms. The fraction of sp³-hybridized carbons (Fsp3) is 0.350. The van der Waals surface area contributed by atoms with Gasteiger partial charge in [0.15, 0.2) is 0 Å². The van der Waals surface area contributed by atoms with Crippen LogP contribution in [-0.4, -0.2) is 60.7 Å². The number of pyridine rings is 1. The fourth-order valence-electron chi connectivity index (χ4n) is 3.46. The lowest BCUT2D eigenvalue weighted by atomic mass is 9.98. The molecule has 1 fully saturated rings. The maximum absolute atomic E-state index is 13.3. The minimum atomic E-state index is -4.12. The monoisotopic (exact) mass is 464 g/mol. The molecule has 2 heterocycles. The van der Waals surface area contributed by atoms with Crippen LogP contribution in [0, 0.1) is 0 Å². The van der Waals surface area contributed by atoms with Gasteiger partial charge in [-0.3, -0.25) is 15.0 Å². The van der Waals surface area contributed by atoms with Crippen LogP contribution >= 0.6 is 0 Å². The molecule has 32 heavy (non-hydrogen) atoms. The number of hydrogen-bond donors (Lipinski definition) is 3. The molecule has 3 rings (SSSR count). The summed E-state index contributed by atoms with van der Waals surface area (Å²) in [7, 11) is -2.96. The number of methoxy groups -OCH3 is 1. The Hall–Kier alpha value is -3.22. The Morgan fingerprint density at radius 2 is 1.88 bits per heavy atom. The first-order chi connectivity index (χ1) is 15.4. The zero-order chi connectivity index (χ0) is 23.1. The van der Waals surface area contributed by atoms with Gasteiger partial charge in [0.05, 0.1) is 18.0 Å². The van der Waals surface area contributed by atoms with E-state index in [4.69, 9.17) is 9.94 Å². The van der Waals surface area contributed by atoms with Gasteiger partial charge in [-0.15, -0.1) is 0 Å². The van der Waals surface area contributed by atoms with Gasteiger partial charge in [-0.05, 0) is 54.8 Å². The molecule has 0 bridgehead atoms. The molecule has 0 saturated carbocycles. The molecule has 2 amide bonds. The number of alkyl carbamates (subject to hydrolysis) is 1. The minimum Gasteiger partial charge on any atom is -0.489 e. The van der Waals surface area contributed by atoms with Crippen molar-refractivity contribution in [3.63, 3.8) is 0 Å². The third-order valence-electron chi connectivity index (χ3n) is 5.04. The minimum absolute atomic E-state index is 0.0417. The Kier molecular flexibility index (Phi) is 7.62. The second-order valence-electron chi connectivity index (χ2n) is 7.04. The van der Waals surface area contributed by atoms with E-state index in [0.717, 1.165) is 17.0 Å². The number of rotatable bonds is 7. The highest BCUT2D eigenvalue weighted by Crippen LogP contribution is 2.27. The maximum atomic E-state index is 13.3. The Balaban J connectivity index is 1.79. The predicted molar refractivity (Wildman–Crippen MR) is 111 cm³/mol. The van der Waals surface area contributed by atoms with Crippen molar-refractivity contribution in [3.05, 3.63) is 54.4 Å². The summed E-state index contributed by atoms with van der Waals surface area (Å²) in [5, 5.41) is 11.6. The normalized spacial score (nSPS) is 19.1. The number of hydrogen-bond acceptors (Lipinski definition) is 8. The third kappa shape index (κ3) is 5.33. The molecular formula is C20H24N4O7S. The molecule has 2 unspecified atom stereocenters. The van der Waals surface area contributed by atoms with Crippen LogP contribution in [0.4, 0.5) is 4.79 Å². The fourth-order valence-corrected chi connectivity index (χ4v) is 5.13. The van der Waals surface area contributed by atoms with Gasteiger partial charge in [0.25, 0.3) is 5.91 Å². The number of carbonyl (C=O) groups excluding carboxylic acids is 2. The van der Waals surface area contributed by atoms with Crippen LogP contribution in [0.1, 0.15) is 18.4 Å². The van der Waals surface area contributed by atoms with Gasteiger partial charge in [-0.2, -0.15) is 4.31 Å². The summed E-state index contributed by atoms with van der Waals surface area (Å²) in [5.41, 5.74) is 2.40. The highest BCUT2D eigenvalue weighted by molar-refractivity contribution is 7.89. The van der Waals surface area contributed by atoms with Crippen molar-refractivity contribution in [3.8, 4) is 5.75 Å². The van der Waals surface area contributed by atoms with Crippen LogP contribution in [0.5, 0.6) is 5.75 Å². The van der Waals surface area contributed by atoms with Crippen molar-refractivity contribution in [1.29, 1.82) is 0 Å². The quantitative estimate of drug-likeness (QED) is 0.407. The summed E-state index contributed by atoms with van der Waals surface area (Å²) in [4.78, 5) is 27.9. The molecule has 3 N–H and O–H groups in total. The van der Waals surface area contributed by atoms with Gasteiger partial charge in [-0.1, -0.05) is 0 Å². The van der Waals surface area contributed by atoms with E-state index in [0.29, 0.717) is 25.2 Å². The number of amides is 2. The number of hydroxylamine groups is 1. The molecule has 1 saturated heterocycles. The van der Waals surface area contributed by atoms with Gasteiger partial charge in [-0.25, -0.2) is 18.7 Å². The third-order valence-corrected chi connectivity index (χ3v) is 6.93. The summed E-state index contributed by atoms with van der Waals surface area (Å²) in [5.74, 6) is -0.485. The van der Waals surface area contributed by atoms with Gasteiger partial charge < -0.3 is 14.8 Å². The van der Waals surface area contributed by atoms with E-state index in [1.54, 1.807) is 24.5 Å². The zero-order valence-electron chi connectivity index (χ0n) is 17.3. The van der Waals surface area contributed by atoms with E-state index >= 15 is 0 Å². The average molecular weight is 465 g/mol. The smallest absolute Gasteiger partial charge is 0.407 e. The molecule has 11 nitrogen and oxygen atoms in total. The molecule has 1 aromatic heterocycles. The lowest BCUT2D eigenvalue weighted by molar-refractivity contribution is -0.134. The topological polar surface area (TPSA) is 147 Å². The summed E-state index contributed by atoms with van der Waals surface area (Å²) in [6.45, 7) is 0.334. The Morgan fingerprint density at radius 3 is 2.50 bits per heavy atom. The Morgan fingerprint density at radius 1 is 1.19 bits per heavy atom. The van der Waals surface area contributed by atoms with Crippen LogP contribution in [0.3, 0.4) is 0 Å². The molecule has 1 aliphatic heterocycles. The molecule has 0 spiro atoms. The van der Waals surface area contributed by atoms with E-state index in [1.165, 1.54) is 29.7 Å². The molecule has 2 aromatic rings. The van der Waals surface area contributed by atoms with E-state index in [1.807, 2.05) is 0 Å². The van der Waals surface area contributed by atoms with E-state index < -0.39 is 34.1 Å². The van der Waals surface area contributed by atoms with Gasteiger partial charge in [0, 0.05) is 18.9 Å². The number of carbonyl (C=O) groups is 2. The van der Waals surface area contributed by atoms with Crippen molar-refractivity contribution in [2.45, 2.75) is 36.4 Å². The molecule has 2 atom stereocenters. The standard InChI is InChI=1S/C20H24N4O7S/c1-30-20(26)22-17-3-2-12-24(18(17)19(25)23-27)32(28,29)16-6-4-15(5-7-16)31-13-14-8-10-21-11-9-14/h4-11,17-18,27H,2-3,12-13H2,1H3,(H,22,26)(H,23,25).